The standard InChI is InChI=1S/C21H21Cl2N3O3/c1-29-16-4-2-3-15(11-16)26-20(27)13-19(21(26)28)25-9-7-24(8-10-25)14-5-6-17(22)18(23)12-14/h2-6,11-12,19H,7-10,13H2,1H3. The van der Waals surface area contributed by atoms with Crippen molar-refractivity contribution in [3.05, 3.63) is 52.5 Å². The van der Waals surface area contributed by atoms with Gasteiger partial charge in [-0.05, 0) is 30.3 Å². The molecule has 6 nitrogen and oxygen atoms in total. The monoisotopic (exact) mass is 433 g/mol. The molecule has 2 aliphatic heterocycles. The van der Waals surface area contributed by atoms with Crippen LogP contribution >= 0.6 is 23.2 Å². The molecule has 2 aromatic carbocycles. The van der Waals surface area contributed by atoms with Gasteiger partial charge in [0.2, 0.25) is 5.91 Å². The van der Waals surface area contributed by atoms with E-state index in [1.54, 1.807) is 37.4 Å². The number of piperazine rings is 1. The van der Waals surface area contributed by atoms with Gasteiger partial charge in [0.1, 0.15) is 5.75 Å². The van der Waals surface area contributed by atoms with Crippen LogP contribution in [-0.2, 0) is 9.59 Å². The predicted molar refractivity (Wildman–Crippen MR) is 114 cm³/mol. The van der Waals surface area contributed by atoms with E-state index in [0.717, 1.165) is 18.8 Å². The van der Waals surface area contributed by atoms with Gasteiger partial charge >= 0.3 is 0 Å². The Hall–Kier alpha value is -2.28. The molecule has 2 heterocycles. The number of carbonyl (C=O) groups excluding carboxylic acids is 2. The molecule has 0 aromatic heterocycles. The fourth-order valence-electron chi connectivity index (χ4n) is 3.90. The molecular weight excluding hydrogens is 413 g/mol. The molecule has 0 saturated carbocycles. The van der Waals surface area contributed by atoms with E-state index in [1.165, 1.54) is 4.90 Å². The molecule has 0 radical (unpaired) electrons. The fraction of sp³-hybridized carbons (Fsp3) is 0.333. The van der Waals surface area contributed by atoms with Crippen molar-refractivity contribution in [3.63, 3.8) is 0 Å². The molecule has 1 unspecified atom stereocenters. The van der Waals surface area contributed by atoms with Crippen molar-refractivity contribution in [2.45, 2.75) is 12.5 Å². The number of amides is 2. The lowest BCUT2D eigenvalue weighted by molar-refractivity contribution is -0.123. The zero-order valence-electron chi connectivity index (χ0n) is 16.0. The Labute approximate surface area is 179 Å². The molecular formula is C21H21Cl2N3O3. The fourth-order valence-corrected chi connectivity index (χ4v) is 4.19. The van der Waals surface area contributed by atoms with Gasteiger partial charge in [-0.15, -0.1) is 0 Å². The maximum Gasteiger partial charge on any atom is 0.251 e. The lowest BCUT2D eigenvalue weighted by Crippen LogP contribution is -2.52. The quantitative estimate of drug-likeness (QED) is 0.691. The molecule has 4 rings (SSSR count). The average molecular weight is 434 g/mol. The number of carbonyl (C=O) groups is 2. The van der Waals surface area contributed by atoms with Crippen molar-refractivity contribution in [1.82, 2.24) is 4.90 Å². The molecule has 8 heteroatoms. The van der Waals surface area contributed by atoms with E-state index < -0.39 is 6.04 Å². The second-order valence-electron chi connectivity index (χ2n) is 7.11. The van der Waals surface area contributed by atoms with Gasteiger partial charge in [-0.1, -0.05) is 29.3 Å². The van der Waals surface area contributed by atoms with E-state index in [4.69, 9.17) is 27.9 Å². The van der Waals surface area contributed by atoms with Crippen LogP contribution in [0.25, 0.3) is 0 Å². The largest absolute Gasteiger partial charge is 0.497 e. The number of rotatable bonds is 4. The molecule has 2 fully saturated rings. The minimum Gasteiger partial charge on any atom is -0.497 e. The Balaban J connectivity index is 1.44. The number of halogens is 2. The maximum atomic E-state index is 13.0. The van der Waals surface area contributed by atoms with Crippen LogP contribution in [0.15, 0.2) is 42.5 Å². The number of anilines is 2. The molecule has 0 aliphatic carbocycles. The maximum absolute atomic E-state index is 13.0. The first kappa shape index (κ1) is 20.0. The number of methoxy groups -OCH3 is 1. The van der Waals surface area contributed by atoms with Gasteiger partial charge in [0.25, 0.3) is 5.91 Å². The third-order valence-electron chi connectivity index (χ3n) is 5.46. The van der Waals surface area contributed by atoms with E-state index >= 15 is 0 Å². The number of benzene rings is 2. The van der Waals surface area contributed by atoms with Gasteiger partial charge in [0, 0.05) is 37.9 Å². The van der Waals surface area contributed by atoms with Gasteiger partial charge in [0.15, 0.2) is 0 Å². The molecule has 2 amide bonds. The number of nitrogens with zero attached hydrogens (tertiary/aromatic N) is 3. The molecule has 2 aliphatic rings. The van der Waals surface area contributed by atoms with Crippen LogP contribution in [0.3, 0.4) is 0 Å². The van der Waals surface area contributed by atoms with Crippen molar-refractivity contribution in [3.8, 4) is 5.75 Å². The first-order valence-electron chi connectivity index (χ1n) is 9.43. The summed E-state index contributed by atoms with van der Waals surface area (Å²) in [5.41, 5.74) is 1.56. The Bertz CT molecular complexity index is 945. The molecule has 1 atom stereocenters. The minimum absolute atomic E-state index is 0.175. The van der Waals surface area contributed by atoms with Crippen LogP contribution < -0.4 is 14.5 Å². The normalized spacial score (nSPS) is 20.4. The molecule has 0 N–H and O–H groups in total. The Morgan fingerprint density at radius 1 is 0.931 bits per heavy atom. The molecule has 152 valence electrons. The highest BCUT2D eigenvalue weighted by Gasteiger charge is 2.43. The van der Waals surface area contributed by atoms with Crippen LogP contribution in [0.5, 0.6) is 5.75 Å². The zero-order chi connectivity index (χ0) is 20.5. The van der Waals surface area contributed by atoms with Crippen molar-refractivity contribution >= 4 is 46.4 Å². The lowest BCUT2D eigenvalue weighted by Gasteiger charge is -2.38. The highest BCUT2D eigenvalue weighted by molar-refractivity contribution is 6.42. The zero-order valence-corrected chi connectivity index (χ0v) is 17.5. The lowest BCUT2D eigenvalue weighted by atomic mass is 10.1. The van der Waals surface area contributed by atoms with E-state index in [9.17, 15) is 9.59 Å². The van der Waals surface area contributed by atoms with E-state index in [2.05, 4.69) is 9.80 Å². The summed E-state index contributed by atoms with van der Waals surface area (Å²) in [7, 11) is 1.56. The van der Waals surface area contributed by atoms with Gasteiger partial charge in [0.05, 0.1) is 35.3 Å². The summed E-state index contributed by atoms with van der Waals surface area (Å²) in [6.07, 6.45) is 0.197. The van der Waals surface area contributed by atoms with Crippen LogP contribution in [0.4, 0.5) is 11.4 Å². The van der Waals surface area contributed by atoms with E-state index in [-0.39, 0.29) is 18.2 Å². The number of hydrogen-bond acceptors (Lipinski definition) is 5. The summed E-state index contributed by atoms with van der Waals surface area (Å²) in [4.78, 5) is 31.2. The van der Waals surface area contributed by atoms with Gasteiger partial charge < -0.3 is 9.64 Å². The van der Waals surface area contributed by atoms with Crippen LogP contribution in [0, 0.1) is 0 Å². The van der Waals surface area contributed by atoms with Crippen LogP contribution in [0.2, 0.25) is 10.0 Å². The smallest absolute Gasteiger partial charge is 0.251 e. The van der Waals surface area contributed by atoms with Gasteiger partial charge in [-0.25, -0.2) is 4.90 Å². The van der Waals surface area contributed by atoms with Crippen molar-refractivity contribution in [2.75, 3.05) is 43.1 Å². The second kappa shape index (κ2) is 8.22. The van der Waals surface area contributed by atoms with Crippen molar-refractivity contribution < 1.29 is 14.3 Å². The highest BCUT2D eigenvalue weighted by Crippen LogP contribution is 2.31. The number of ether oxygens (including phenoxy) is 1. The third kappa shape index (κ3) is 3.92. The van der Waals surface area contributed by atoms with Crippen LogP contribution in [0.1, 0.15) is 6.42 Å². The summed E-state index contributed by atoms with van der Waals surface area (Å²) >= 11 is 12.1. The Morgan fingerprint density at radius 2 is 1.69 bits per heavy atom. The third-order valence-corrected chi connectivity index (χ3v) is 6.20. The summed E-state index contributed by atoms with van der Waals surface area (Å²) in [5, 5.41) is 1.05. The summed E-state index contributed by atoms with van der Waals surface area (Å²) in [5.74, 6) is 0.258. The van der Waals surface area contributed by atoms with E-state index in [1.807, 2.05) is 12.1 Å². The summed E-state index contributed by atoms with van der Waals surface area (Å²) in [6, 6.07) is 12.2. The second-order valence-corrected chi connectivity index (χ2v) is 7.92. The molecule has 0 spiro atoms. The number of hydrogen-bond donors (Lipinski definition) is 0. The molecule has 2 saturated heterocycles. The Morgan fingerprint density at radius 3 is 2.38 bits per heavy atom. The van der Waals surface area contributed by atoms with Crippen molar-refractivity contribution in [2.24, 2.45) is 0 Å². The SMILES string of the molecule is COc1cccc(N2C(=O)CC(N3CCN(c4ccc(Cl)c(Cl)c4)CC3)C2=O)c1. The molecule has 0 bridgehead atoms. The highest BCUT2D eigenvalue weighted by atomic mass is 35.5. The van der Waals surface area contributed by atoms with Crippen molar-refractivity contribution in [1.29, 1.82) is 0 Å². The number of imide groups is 1. The first-order chi connectivity index (χ1) is 14.0. The van der Waals surface area contributed by atoms with Gasteiger partial charge in [-0.3, -0.25) is 14.5 Å². The van der Waals surface area contributed by atoms with Gasteiger partial charge in [-0.2, -0.15) is 0 Å². The average Bonchev–Trinajstić information content (AvgIpc) is 3.04. The topological polar surface area (TPSA) is 53.1 Å². The Kier molecular flexibility index (Phi) is 5.67. The van der Waals surface area contributed by atoms with E-state index in [0.29, 0.717) is 34.6 Å². The molecule has 29 heavy (non-hydrogen) atoms. The summed E-state index contributed by atoms with van der Waals surface area (Å²) in [6.45, 7) is 2.87. The van der Waals surface area contributed by atoms with Crippen LogP contribution in [-0.4, -0.2) is 56.0 Å². The predicted octanol–water partition coefficient (Wildman–Crippen LogP) is 3.46. The summed E-state index contributed by atoms with van der Waals surface area (Å²) < 4.78 is 5.21. The minimum atomic E-state index is -0.426. The first-order valence-corrected chi connectivity index (χ1v) is 10.2. The molecule has 2 aromatic rings.